The number of aryl methyl sites for hydroxylation is 2. The summed E-state index contributed by atoms with van der Waals surface area (Å²) in [6.07, 6.45) is 3.50. The van der Waals surface area contributed by atoms with Crippen LogP contribution in [0.5, 0.6) is 5.75 Å². The number of carbonyl (C=O) groups excluding carboxylic acids is 1. The first kappa shape index (κ1) is 20.2. The van der Waals surface area contributed by atoms with Gasteiger partial charge in [-0.05, 0) is 49.8 Å². The van der Waals surface area contributed by atoms with Crippen molar-refractivity contribution in [3.63, 3.8) is 0 Å². The molecular formula is C24H28N4O2S. The van der Waals surface area contributed by atoms with E-state index in [1.54, 1.807) is 0 Å². The number of carbonyl (C=O) groups is 1. The van der Waals surface area contributed by atoms with Gasteiger partial charge in [0.15, 0.2) is 6.61 Å². The molecule has 1 saturated heterocycles. The van der Waals surface area contributed by atoms with Crippen molar-refractivity contribution in [3.8, 4) is 5.75 Å². The Kier molecular flexibility index (Phi) is 5.52. The maximum absolute atomic E-state index is 12.6. The largest absolute Gasteiger partial charge is 0.484 e. The third kappa shape index (κ3) is 4.11. The van der Waals surface area contributed by atoms with Gasteiger partial charge in [0, 0.05) is 31.1 Å². The standard InChI is InChI=1S/C24H28N4O2S/c1-16-8-9-19-20(14-16)31-24-22(19)23(25-17(2)26-24)28-12-10-27(11-13-28)21(29)15-30-18-6-4-3-5-7-18/h3-7,16H,8-15H2,1-2H3/t16-/m1/s1. The van der Waals surface area contributed by atoms with Crippen LogP contribution >= 0.6 is 11.3 Å². The second-order valence-electron chi connectivity index (χ2n) is 8.60. The van der Waals surface area contributed by atoms with Gasteiger partial charge < -0.3 is 14.5 Å². The Labute approximate surface area is 186 Å². The molecule has 162 valence electrons. The molecule has 1 aliphatic heterocycles. The van der Waals surface area contributed by atoms with Crippen molar-refractivity contribution in [2.45, 2.75) is 33.1 Å². The maximum Gasteiger partial charge on any atom is 0.260 e. The summed E-state index contributed by atoms with van der Waals surface area (Å²) in [5.74, 6) is 3.39. The number of rotatable bonds is 4. The zero-order valence-electron chi connectivity index (χ0n) is 18.1. The molecule has 1 atom stereocenters. The average molecular weight is 437 g/mol. The molecule has 1 aliphatic carbocycles. The fourth-order valence-corrected chi connectivity index (χ4v) is 6.00. The summed E-state index contributed by atoms with van der Waals surface area (Å²) in [6.45, 7) is 7.33. The van der Waals surface area contributed by atoms with E-state index in [0.717, 1.165) is 54.1 Å². The van der Waals surface area contributed by atoms with Crippen LogP contribution in [0.4, 0.5) is 5.82 Å². The van der Waals surface area contributed by atoms with Crippen molar-refractivity contribution in [1.82, 2.24) is 14.9 Å². The predicted octanol–water partition coefficient (Wildman–Crippen LogP) is 3.85. The first-order chi connectivity index (χ1) is 15.1. The Morgan fingerprint density at radius 1 is 1.16 bits per heavy atom. The summed E-state index contributed by atoms with van der Waals surface area (Å²) < 4.78 is 5.64. The average Bonchev–Trinajstić information content (AvgIpc) is 3.14. The highest BCUT2D eigenvalue weighted by atomic mass is 32.1. The van der Waals surface area contributed by atoms with E-state index >= 15 is 0 Å². The highest BCUT2D eigenvalue weighted by molar-refractivity contribution is 7.19. The predicted molar refractivity (Wildman–Crippen MR) is 124 cm³/mol. The zero-order valence-corrected chi connectivity index (χ0v) is 19.0. The molecule has 0 radical (unpaired) electrons. The van der Waals surface area contributed by atoms with Gasteiger partial charge in [-0.2, -0.15) is 0 Å². The van der Waals surface area contributed by atoms with Gasteiger partial charge in [0.05, 0.1) is 5.39 Å². The van der Waals surface area contributed by atoms with Crippen molar-refractivity contribution in [3.05, 3.63) is 46.6 Å². The van der Waals surface area contributed by atoms with Gasteiger partial charge in [0.1, 0.15) is 22.2 Å². The van der Waals surface area contributed by atoms with Crippen LogP contribution in [0.15, 0.2) is 30.3 Å². The zero-order chi connectivity index (χ0) is 21.4. The van der Waals surface area contributed by atoms with E-state index in [1.807, 2.05) is 53.5 Å². The van der Waals surface area contributed by atoms with E-state index in [1.165, 1.54) is 22.2 Å². The molecule has 6 nitrogen and oxygen atoms in total. The summed E-state index contributed by atoms with van der Waals surface area (Å²) in [7, 11) is 0. The van der Waals surface area contributed by atoms with Gasteiger partial charge in [-0.1, -0.05) is 25.1 Å². The quantitative estimate of drug-likeness (QED) is 0.622. The SMILES string of the molecule is Cc1nc(N2CCN(C(=O)COc3ccccc3)CC2)c2c3c(sc2n1)C[C@H](C)CC3. The molecule has 2 aliphatic rings. The number of anilines is 1. The van der Waals surface area contributed by atoms with E-state index in [9.17, 15) is 4.79 Å². The lowest BCUT2D eigenvalue weighted by molar-refractivity contribution is -0.133. The second-order valence-corrected chi connectivity index (χ2v) is 9.68. The van der Waals surface area contributed by atoms with Gasteiger partial charge in [-0.15, -0.1) is 11.3 Å². The lowest BCUT2D eigenvalue weighted by atomic mass is 9.89. The first-order valence-electron chi connectivity index (χ1n) is 11.1. The number of para-hydroxylation sites is 1. The van der Waals surface area contributed by atoms with Crippen LogP contribution < -0.4 is 9.64 Å². The van der Waals surface area contributed by atoms with Gasteiger partial charge in [0.25, 0.3) is 5.91 Å². The summed E-state index contributed by atoms with van der Waals surface area (Å²) in [5, 5.41) is 1.25. The Hall–Kier alpha value is -2.67. The lowest BCUT2D eigenvalue weighted by Crippen LogP contribution is -2.50. The number of ether oxygens (including phenoxy) is 1. The molecule has 0 saturated carbocycles. The van der Waals surface area contributed by atoms with Gasteiger partial charge in [0.2, 0.25) is 0 Å². The van der Waals surface area contributed by atoms with Crippen molar-refractivity contribution < 1.29 is 9.53 Å². The van der Waals surface area contributed by atoms with Crippen molar-refractivity contribution in [2.24, 2.45) is 5.92 Å². The minimum atomic E-state index is 0.0365. The summed E-state index contributed by atoms with van der Waals surface area (Å²) in [6, 6.07) is 9.50. The van der Waals surface area contributed by atoms with Crippen LogP contribution in [0.2, 0.25) is 0 Å². The highest BCUT2D eigenvalue weighted by Crippen LogP contribution is 2.41. The van der Waals surface area contributed by atoms with Crippen molar-refractivity contribution in [2.75, 3.05) is 37.7 Å². The van der Waals surface area contributed by atoms with Crippen LogP contribution in [0.25, 0.3) is 10.2 Å². The van der Waals surface area contributed by atoms with Crippen LogP contribution in [0.3, 0.4) is 0 Å². The molecule has 1 aromatic carbocycles. The van der Waals surface area contributed by atoms with Crippen LogP contribution in [0, 0.1) is 12.8 Å². The minimum absolute atomic E-state index is 0.0365. The lowest BCUT2D eigenvalue weighted by Gasteiger charge is -2.36. The molecule has 0 bridgehead atoms. The number of piperazine rings is 1. The molecule has 0 spiro atoms. The Morgan fingerprint density at radius 2 is 1.94 bits per heavy atom. The normalized spacial score (nSPS) is 18.8. The van der Waals surface area contributed by atoms with E-state index < -0.39 is 0 Å². The van der Waals surface area contributed by atoms with Gasteiger partial charge in [-0.3, -0.25) is 4.79 Å². The summed E-state index contributed by atoms with van der Waals surface area (Å²) >= 11 is 1.85. The molecule has 3 heterocycles. The topological polar surface area (TPSA) is 58.6 Å². The molecule has 7 heteroatoms. The maximum atomic E-state index is 12.6. The number of hydrogen-bond donors (Lipinski definition) is 0. The third-order valence-corrected chi connectivity index (χ3v) is 7.43. The van der Waals surface area contributed by atoms with Gasteiger partial charge in [-0.25, -0.2) is 9.97 Å². The molecular weight excluding hydrogens is 408 g/mol. The number of nitrogens with zero attached hydrogens (tertiary/aromatic N) is 4. The number of aromatic nitrogens is 2. The monoisotopic (exact) mass is 436 g/mol. The molecule has 1 fully saturated rings. The third-order valence-electron chi connectivity index (χ3n) is 6.29. The molecule has 0 unspecified atom stereocenters. The summed E-state index contributed by atoms with van der Waals surface area (Å²) in [5.41, 5.74) is 1.46. The van der Waals surface area contributed by atoms with Crippen LogP contribution in [-0.4, -0.2) is 53.6 Å². The fraction of sp³-hybridized carbons (Fsp3) is 0.458. The smallest absolute Gasteiger partial charge is 0.260 e. The van der Waals surface area contributed by atoms with E-state index in [2.05, 4.69) is 11.8 Å². The number of fused-ring (bicyclic) bond motifs is 3. The Balaban J connectivity index is 1.30. The van der Waals surface area contributed by atoms with Crippen LogP contribution in [-0.2, 0) is 17.6 Å². The number of thiophene rings is 1. The molecule has 5 rings (SSSR count). The van der Waals surface area contributed by atoms with Gasteiger partial charge >= 0.3 is 0 Å². The number of hydrogen-bond acceptors (Lipinski definition) is 6. The Bertz CT molecular complexity index is 1090. The second kappa shape index (κ2) is 8.46. The molecule has 3 aromatic rings. The number of benzene rings is 1. The minimum Gasteiger partial charge on any atom is -0.484 e. The first-order valence-corrected chi connectivity index (χ1v) is 11.9. The summed E-state index contributed by atoms with van der Waals surface area (Å²) in [4.78, 5) is 29.1. The van der Waals surface area contributed by atoms with E-state index in [4.69, 9.17) is 14.7 Å². The van der Waals surface area contributed by atoms with E-state index in [0.29, 0.717) is 13.1 Å². The van der Waals surface area contributed by atoms with Crippen molar-refractivity contribution >= 4 is 33.3 Å². The molecule has 2 aromatic heterocycles. The van der Waals surface area contributed by atoms with Crippen LogP contribution in [0.1, 0.15) is 29.6 Å². The molecule has 0 N–H and O–H groups in total. The van der Waals surface area contributed by atoms with Crippen molar-refractivity contribution in [1.29, 1.82) is 0 Å². The number of amides is 1. The Morgan fingerprint density at radius 3 is 2.71 bits per heavy atom. The molecule has 31 heavy (non-hydrogen) atoms. The highest BCUT2D eigenvalue weighted by Gasteiger charge is 2.28. The molecule has 1 amide bonds. The van der Waals surface area contributed by atoms with E-state index in [-0.39, 0.29) is 12.5 Å². The fourth-order valence-electron chi connectivity index (χ4n) is 4.58.